The van der Waals surface area contributed by atoms with Crippen LogP contribution in [0.5, 0.6) is 0 Å². The van der Waals surface area contributed by atoms with Crippen LogP contribution in [0.3, 0.4) is 0 Å². The summed E-state index contributed by atoms with van der Waals surface area (Å²) in [4.78, 5) is 24.5. The normalized spacial score (nSPS) is 15.9. The molecule has 5 nitrogen and oxygen atoms in total. The van der Waals surface area contributed by atoms with Gasteiger partial charge in [0.2, 0.25) is 5.91 Å². The molecule has 102 valence electrons. The monoisotopic (exact) mass is 262 g/mol. The Labute approximate surface area is 112 Å². The first-order valence-electron chi connectivity index (χ1n) is 6.51. The third-order valence-electron chi connectivity index (χ3n) is 3.28. The zero-order valence-electron chi connectivity index (χ0n) is 10.8. The molecule has 5 heteroatoms. The van der Waals surface area contributed by atoms with Crippen molar-refractivity contribution < 1.29 is 14.7 Å². The van der Waals surface area contributed by atoms with E-state index in [0.717, 1.165) is 37.7 Å². The number of carbonyl (C=O) groups is 2. The van der Waals surface area contributed by atoms with E-state index in [-0.39, 0.29) is 12.5 Å². The maximum atomic E-state index is 12.1. The molecule has 0 aliphatic carbocycles. The molecule has 1 fully saturated rings. The van der Waals surface area contributed by atoms with Crippen LogP contribution in [-0.2, 0) is 16.1 Å². The van der Waals surface area contributed by atoms with Crippen molar-refractivity contribution in [1.82, 2.24) is 9.47 Å². The van der Waals surface area contributed by atoms with Gasteiger partial charge in [0.25, 0.3) is 0 Å². The topological polar surface area (TPSA) is 62.5 Å². The van der Waals surface area contributed by atoms with Crippen LogP contribution in [0.1, 0.15) is 25.0 Å². The number of carbonyl (C=O) groups excluding carboxylic acids is 1. The van der Waals surface area contributed by atoms with E-state index >= 15 is 0 Å². The molecule has 1 aromatic heterocycles. The summed E-state index contributed by atoms with van der Waals surface area (Å²) >= 11 is 0. The molecular weight excluding hydrogens is 244 g/mol. The zero-order chi connectivity index (χ0) is 13.7. The minimum absolute atomic E-state index is 0.0980. The molecule has 0 spiro atoms. The SMILES string of the molecule is O=C(O)/C=C/c1cccn1CC(=O)N1CCCCC1. The first-order valence-corrected chi connectivity index (χ1v) is 6.51. The van der Waals surface area contributed by atoms with Crippen LogP contribution in [-0.4, -0.2) is 39.5 Å². The van der Waals surface area contributed by atoms with Gasteiger partial charge in [-0.2, -0.15) is 0 Å². The van der Waals surface area contributed by atoms with Gasteiger partial charge in [-0.15, -0.1) is 0 Å². The highest BCUT2D eigenvalue weighted by Gasteiger charge is 2.16. The van der Waals surface area contributed by atoms with Gasteiger partial charge >= 0.3 is 5.97 Å². The van der Waals surface area contributed by atoms with Gasteiger partial charge in [0.15, 0.2) is 0 Å². The van der Waals surface area contributed by atoms with Crippen LogP contribution in [0.2, 0.25) is 0 Å². The minimum Gasteiger partial charge on any atom is -0.478 e. The van der Waals surface area contributed by atoms with Gasteiger partial charge in [-0.25, -0.2) is 4.79 Å². The molecule has 0 unspecified atom stereocenters. The van der Waals surface area contributed by atoms with Crippen molar-refractivity contribution in [2.75, 3.05) is 13.1 Å². The summed E-state index contributed by atoms with van der Waals surface area (Å²) in [5.74, 6) is -0.893. The number of amides is 1. The molecule has 1 aliphatic heterocycles. The number of hydrogen-bond acceptors (Lipinski definition) is 2. The fourth-order valence-corrected chi connectivity index (χ4v) is 2.27. The van der Waals surface area contributed by atoms with Crippen LogP contribution < -0.4 is 0 Å². The first-order chi connectivity index (χ1) is 9.16. The third kappa shape index (κ3) is 3.71. The van der Waals surface area contributed by atoms with Crippen molar-refractivity contribution in [1.29, 1.82) is 0 Å². The number of nitrogens with zero attached hydrogens (tertiary/aromatic N) is 2. The van der Waals surface area contributed by atoms with Crippen LogP contribution in [0.15, 0.2) is 24.4 Å². The van der Waals surface area contributed by atoms with Crippen molar-refractivity contribution in [3.63, 3.8) is 0 Å². The van der Waals surface area contributed by atoms with E-state index in [4.69, 9.17) is 5.11 Å². The molecule has 2 rings (SSSR count). The van der Waals surface area contributed by atoms with Crippen molar-refractivity contribution in [3.05, 3.63) is 30.1 Å². The lowest BCUT2D eigenvalue weighted by atomic mass is 10.1. The van der Waals surface area contributed by atoms with Gasteiger partial charge in [-0.05, 0) is 37.5 Å². The Morgan fingerprint density at radius 1 is 1.26 bits per heavy atom. The van der Waals surface area contributed by atoms with E-state index in [0.29, 0.717) is 0 Å². The van der Waals surface area contributed by atoms with Crippen molar-refractivity contribution in [2.45, 2.75) is 25.8 Å². The summed E-state index contributed by atoms with van der Waals surface area (Å²) in [6.45, 7) is 1.94. The summed E-state index contributed by atoms with van der Waals surface area (Å²) in [7, 11) is 0. The van der Waals surface area contributed by atoms with Gasteiger partial charge in [0, 0.05) is 31.1 Å². The van der Waals surface area contributed by atoms with Crippen LogP contribution >= 0.6 is 0 Å². The molecule has 1 amide bonds. The molecule has 1 aromatic rings. The molecule has 1 saturated heterocycles. The predicted octanol–water partition coefficient (Wildman–Crippen LogP) is 1.60. The van der Waals surface area contributed by atoms with E-state index in [1.807, 2.05) is 11.0 Å². The van der Waals surface area contributed by atoms with Gasteiger partial charge in [0.1, 0.15) is 6.54 Å². The van der Waals surface area contributed by atoms with Gasteiger partial charge in [-0.1, -0.05) is 0 Å². The Kier molecular flexibility index (Phi) is 4.39. The lowest BCUT2D eigenvalue weighted by molar-refractivity contribution is -0.133. The number of rotatable bonds is 4. The van der Waals surface area contributed by atoms with Crippen LogP contribution in [0.25, 0.3) is 6.08 Å². The van der Waals surface area contributed by atoms with Crippen molar-refractivity contribution in [3.8, 4) is 0 Å². The van der Waals surface area contributed by atoms with E-state index < -0.39 is 5.97 Å². The van der Waals surface area contributed by atoms with Crippen molar-refractivity contribution in [2.24, 2.45) is 0 Å². The lowest BCUT2D eigenvalue weighted by Crippen LogP contribution is -2.37. The molecule has 2 heterocycles. The van der Waals surface area contributed by atoms with Gasteiger partial charge in [0.05, 0.1) is 0 Å². The molecule has 0 saturated carbocycles. The van der Waals surface area contributed by atoms with E-state index in [1.165, 1.54) is 12.5 Å². The Hall–Kier alpha value is -2.04. The van der Waals surface area contributed by atoms with E-state index in [2.05, 4.69) is 0 Å². The minimum atomic E-state index is -0.991. The zero-order valence-corrected chi connectivity index (χ0v) is 10.8. The largest absolute Gasteiger partial charge is 0.478 e. The standard InChI is InChI=1S/C14H18N2O3/c17-13(15-8-2-1-3-9-15)11-16-10-4-5-12(16)6-7-14(18)19/h4-7,10H,1-3,8-9,11H2,(H,18,19)/b7-6+. The number of carboxylic acids is 1. The quantitative estimate of drug-likeness (QED) is 0.838. The fraction of sp³-hybridized carbons (Fsp3) is 0.429. The summed E-state index contributed by atoms with van der Waals surface area (Å²) < 4.78 is 1.77. The molecule has 19 heavy (non-hydrogen) atoms. The average molecular weight is 262 g/mol. The highest BCUT2D eigenvalue weighted by molar-refractivity contribution is 5.85. The van der Waals surface area contributed by atoms with Crippen LogP contribution in [0.4, 0.5) is 0 Å². The second kappa shape index (κ2) is 6.22. The Bertz CT molecular complexity index is 485. The summed E-state index contributed by atoms with van der Waals surface area (Å²) in [6.07, 6.45) is 7.72. The number of piperidine rings is 1. The fourth-order valence-electron chi connectivity index (χ4n) is 2.27. The van der Waals surface area contributed by atoms with Gasteiger partial charge < -0.3 is 14.6 Å². The highest BCUT2D eigenvalue weighted by Crippen LogP contribution is 2.11. The molecule has 1 N–H and O–H groups in total. The Morgan fingerprint density at radius 3 is 2.68 bits per heavy atom. The molecule has 1 aliphatic rings. The lowest BCUT2D eigenvalue weighted by Gasteiger charge is -2.27. The number of hydrogen-bond donors (Lipinski definition) is 1. The number of likely N-dealkylation sites (tertiary alicyclic amines) is 1. The predicted molar refractivity (Wildman–Crippen MR) is 71.5 cm³/mol. The number of aliphatic carboxylic acids is 1. The first kappa shape index (κ1) is 13.4. The number of carboxylic acid groups (broad SMARTS) is 1. The molecule has 0 atom stereocenters. The number of aromatic nitrogens is 1. The summed E-state index contributed by atoms with van der Waals surface area (Å²) in [5, 5.41) is 8.62. The third-order valence-corrected chi connectivity index (χ3v) is 3.28. The highest BCUT2D eigenvalue weighted by atomic mass is 16.4. The molecule has 0 radical (unpaired) electrons. The van der Waals surface area contributed by atoms with E-state index in [1.54, 1.807) is 16.8 Å². The summed E-state index contributed by atoms with van der Waals surface area (Å²) in [6, 6.07) is 3.61. The smallest absolute Gasteiger partial charge is 0.328 e. The summed E-state index contributed by atoms with van der Waals surface area (Å²) in [5.41, 5.74) is 0.729. The average Bonchev–Trinajstić information content (AvgIpc) is 2.84. The van der Waals surface area contributed by atoms with Gasteiger partial charge in [-0.3, -0.25) is 4.79 Å². The maximum absolute atomic E-state index is 12.1. The molecular formula is C14H18N2O3. The van der Waals surface area contributed by atoms with Crippen molar-refractivity contribution >= 4 is 18.0 Å². The Morgan fingerprint density at radius 2 is 2.00 bits per heavy atom. The second-order valence-corrected chi connectivity index (χ2v) is 4.67. The molecule has 0 bridgehead atoms. The Balaban J connectivity index is 2.00. The van der Waals surface area contributed by atoms with E-state index in [9.17, 15) is 9.59 Å². The maximum Gasteiger partial charge on any atom is 0.328 e. The second-order valence-electron chi connectivity index (χ2n) is 4.67. The van der Waals surface area contributed by atoms with Crippen LogP contribution in [0, 0.1) is 0 Å². The molecule has 0 aromatic carbocycles.